The molecule has 0 spiro atoms. The number of alkyl halides is 5. The molecule has 3 aromatic rings. The van der Waals surface area contributed by atoms with E-state index >= 15 is 0 Å². The second kappa shape index (κ2) is 15.7. The summed E-state index contributed by atoms with van der Waals surface area (Å²) in [5.74, 6) is -1.70. The van der Waals surface area contributed by atoms with Gasteiger partial charge in [-0.3, -0.25) is 4.79 Å². The van der Waals surface area contributed by atoms with Crippen molar-refractivity contribution in [1.29, 1.82) is 0 Å². The van der Waals surface area contributed by atoms with Gasteiger partial charge in [-0.1, -0.05) is 19.1 Å². The van der Waals surface area contributed by atoms with Crippen molar-refractivity contribution < 1.29 is 59.3 Å². The molecule has 1 fully saturated rings. The Balaban J connectivity index is 1.47. The number of sulfone groups is 1. The average molecular weight is 701 g/mol. The van der Waals surface area contributed by atoms with Gasteiger partial charge >= 0.3 is 18.8 Å². The number of ether oxygens (including phenoxy) is 3. The second-order valence-electron chi connectivity index (χ2n) is 10.9. The van der Waals surface area contributed by atoms with Gasteiger partial charge in [-0.15, -0.1) is 0 Å². The summed E-state index contributed by atoms with van der Waals surface area (Å²) in [4.78, 5) is 26.0. The molecule has 1 amide bonds. The molecule has 0 aliphatic carbocycles. The van der Waals surface area contributed by atoms with Crippen LogP contribution in [0, 0.1) is 0 Å². The van der Waals surface area contributed by atoms with Gasteiger partial charge in [-0.05, 0) is 66.2 Å². The van der Waals surface area contributed by atoms with Crippen molar-refractivity contribution >= 4 is 27.4 Å². The number of carboxylic acids is 1. The Morgan fingerprint density at radius 1 is 1.00 bits per heavy atom. The van der Waals surface area contributed by atoms with Crippen molar-refractivity contribution in [3.63, 3.8) is 0 Å². The van der Waals surface area contributed by atoms with Crippen LogP contribution in [0.4, 0.5) is 27.6 Å². The lowest BCUT2D eigenvalue weighted by Crippen LogP contribution is -2.34. The number of halogens is 5. The van der Waals surface area contributed by atoms with E-state index in [2.05, 4.69) is 10.1 Å². The van der Waals surface area contributed by atoms with Crippen LogP contribution in [-0.2, 0) is 30.3 Å². The van der Waals surface area contributed by atoms with E-state index in [1.807, 2.05) is 0 Å². The highest BCUT2D eigenvalue weighted by atomic mass is 32.2. The SMILES string of the molecule is CCS(=O)(=O)c1ccc([C@H](COCC(=O)O)NC(=O)c2ccc(N3C[C@@H](Oc4ccc(C(F)(F)F)cc4)C[C@H]3COC(F)F)cc2)cc1. The Bertz CT molecular complexity index is 1640. The number of hydrogen-bond acceptors (Lipinski definition) is 8. The van der Waals surface area contributed by atoms with E-state index < -0.39 is 64.9 Å². The first kappa shape index (κ1) is 36.6. The van der Waals surface area contributed by atoms with Crippen LogP contribution in [0.2, 0.25) is 0 Å². The molecular weight excluding hydrogens is 667 g/mol. The van der Waals surface area contributed by atoms with Gasteiger partial charge in [0.1, 0.15) is 18.5 Å². The number of hydrogen-bond donors (Lipinski definition) is 2. The zero-order valence-electron chi connectivity index (χ0n) is 25.5. The summed E-state index contributed by atoms with van der Waals surface area (Å²) in [5.41, 5.74) is 0.374. The van der Waals surface area contributed by atoms with Crippen molar-refractivity contribution in [3.05, 3.63) is 89.5 Å². The van der Waals surface area contributed by atoms with Crippen LogP contribution in [0.5, 0.6) is 5.75 Å². The van der Waals surface area contributed by atoms with E-state index in [4.69, 9.17) is 14.6 Å². The molecule has 0 radical (unpaired) electrons. The molecule has 0 saturated carbocycles. The number of amides is 1. The number of carboxylic acid groups (broad SMARTS) is 1. The Morgan fingerprint density at radius 3 is 2.21 bits per heavy atom. The molecule has 1 aliphatic heterocycles. The van der Waals surface area contributed by atoms with Crippen LogP contribution in [0.15, 0.2) is 77.7 Å². The van der Waals surface area contributed by atoms with Gasteiger partial charge in [-0.25, -0.2) is 13.2 Å². The molecule has 0 unspecified atom stereocenters. The van der Waals surface area contributed by atoms with E-state index in [0.29, 0.717) is 11.3 Å². The normalized spacial score (nSPS) is 17.4. The lowest BCUT2D eigenvalue weighted by Gasteiger charge is -2.26. The quantitative estimate of drug-likeness (QED) is 0.202. The molecule has 3 aromatic carbocycles. The fourth-order valence-electron chi connectivity index (χ4n) is 5.14. The van der Waals surface area contributed by atoms with Gasteiger partial charge in [0, 0.05) is 17.7 Å². The summed E-state index contributed by atoms with van der Waals surface area (Å²) in [5, 5.41) is 11.7. The standard InChI is InChI=1S/C32H33F5N2O8S/c1-2-48(43,44)27-13-5-20(6-14-27)28(18-45-19-29(40)41)38-30(42)21-3-9-23(10-4-21)39-16-26(15-24(39)17-46-31(33)34)47-25-11-7-22(8-12-25)32(35,36)37/h3-14,24,26,28,31H,2,15-19H2,1H3,(H,38,42)(H,40,41)/t24-,26-,28-/m0/s1. The Morgan fingerprint density at radius 2 is 1.65 bits per heavy atom. The molecule has 3 atom stereocenters. The largest absolute Gasteiger partial charge is 0.489 e. The highest BCUT2D eigenvalue weighted by molar-refractivity contribution is 7.91. The van der Waals surface area contributed by atoms with E-state index in [-0.39, 0.29) is 48.1 Å². The molecule has 2 N–H and O–H groups in total. The predicted molar refractivity (Wildman–Crippen MR) is 163 cm³/mol. The van der Waals surface area contributed by atoms with E-state index in [0.717, 1.165) is 12.1 Å². The predicted octanol–water partition coefficient (Wildman–Crippen LogP) is 5.34. The third-order valence-electron chi connectivity index (χ3n) is 7.57. The molecule has 0 aromatic heterocycles. The number of benzene rings is 3. The van der Waals surface area contributed by atoms with Crippen molar-refractivity contribution in [2.75, 3.05) is 37.0 Å². The summed E-state index contributed by atoms with van der Waals surface area (Å²) in [6, 6.07) is 14.7. The molecule has 16 heteroatoms. The maximum Gasteiger partial charge on any atom is 0.416 e. The second-order valence-corrected chi connectivity index (χ2v) is 13.1. The highest BCUT2D eigenvalue weighted by Crippen LogP contribution is 2.33. The number of carbonyl (C=O) groups is 2. The van der Waals surface area contributed by atoms with Crippen molar-refractivity contribution in [3.8, 4) is 5.75 Å². The van der Waals surface area contributed by atoms with Gasteiger partial charge in [0.25, 0.3) is 5.91 Å². The van der Waals surface area contributed by atoms with E-state index in [9.17, 15) is 40.0 Å². The zero-order valence-corrected chi connectivity index (χ0v) is 26.3. The van der Waals surface area contributed by atoms with Crippen LogP contribution < -0.4 is 15.0 Å². The summed E-state index contributed by atoms with van der Waals surface area (Å²) < 4.78 is 105. The third kappa shape index (κ3) is 9.87. The third-order valence-corrected chi connectivity index (χ3v) is 9.32. The number of aliphatic carboxylic acids is 1. The smallest absolute Gasteiger partial charge is 0.416 e. The van der Waals surface area contributed by atoms with Crippen LogP contribution in [0.3, 0.4) is 0 Å². The minimum atomic E-state index is -4.51. The van der Waals surface area contributed by atoms with Crippen LogP contribution >= 0.6 is 0 Å². The minimum absolute atomic E-state index is 0.0898. The van der Waals surface area contributed by atoms with E-state index in [1.165, 1.54) is 55.5 Å². The summed E-state index contributed by atoms with van der Waals surface area (Å²) >= 11 is 0. The summed E-state index contributed by atoms with van der Waals surface area (Å²) in [6.07, 6.45) is -4.85. The number of nitrogens with zero attached hydrogens (tertiary/aromatic N) is 1. The topological polar surface area (TPSA) is 131 Å². The lowest BCUT2D eigenvalue weighted by molar-refractivity contribution is -0.142. The summed E-state index contributed by atoms with van der Waals surface area (Å²) in [6.45, 7) is -2.53. The average Bonchev–Trinajstić information content (AvgIpc) is 3.45. The Hall–Kier alpha value is -4.28. The van der Waals surface area contributed by atoms with Gasteiger partial charge in [-0.2, -0.15) is 22.0 Å². The number of nitrogens with one attached hydrogen (secondary N) is 1. The van der Waals surface area contributed by atoms with Crippen molar-refractivity contribution in [2.24, 2.45) is 0 Å². The Labute approximate surface area is 273 Å². The first-order valence-electron chi connectivity index (χ1n) is 14.7. The molecule has 48 heavy (non-hydrogen) atoms. The maximum absolute atomic E-state index is 13.2. The van der Waals surface area contributed by atoms with Crippen molar-refractivity contribution in [2.45, 2.75) is 49.2 Å². The molecule has 0 bridgehead atoms. The van der Waals surface area contributed by atoms with Gasteiger partial charge < -0.3 is 29.5 Å². The molecule has 260 valence electrons. The number of carbonyl (C=O) groups excluding carboxylic acids is 1. The molecule has 1 saturated heterocycles. The molecule has 4 rings (SSSR count). The maximum atomic E-state index is 13.2. The highest BCUT2D eigenvalue weighted by Gasteiger charge is 2.35. The molecule has 1 heterocycles. The molecule has 10 nitrogen and oxygen atoms in total. The first-order chi connectivity index (χ1) is 22.7. The van der Waals surface area contributed by atoms with Crippen LogP contribution in [0.25, 0.3) is 0 Å². The summed E-state index contributed by atoms with van der Waals surface area (Å²) in [7, 11) is -3.47. The Kier molecular flexibility index (Phi) is 12.0. The fourth-order valence-corrected chi connectivity index (χ4v) is 6.02. The lowest BCUT2D eigenvalue weighted by atomic mass is 10.1. The molecular formula is C32H33F5N2O8S. The van der Waals surface area contributed by atoms with Gasteiger partial charge in [0.05, 0.1) is 48.1 Å². The molecule has 1 aliphatic rings. The van der Waals surface area contributed by atoms with E-state index in [1.54, 1.807) is 17.0 Å². The number of anilines is 1. The first-order valence-corrected chi connectivity index (χ1v) is 16.3. The minimum Gasteiger partial charge on any atom is -0.489 e. The zero-order chi connectivity index (χ0) is 35.1. The van der Waals surface area contributed by atoms with Crippen molar-refractivity contribution in [1.82, 2.24) is 5.32 Å². The fraction of sp³-hybridized carbons (Fsp3) is 0.375. The van der Waals surface area contributed by atoms with Gasteiger partial charge in [0.2, 0.25) is 0 Å². The monoisotopic (exact) mass is 700 g/mol. The van der Waals surface area contributed by atoms with Crippen LogP contribution in [-0.4, -0.2) is 76.3 Å². The number of rotatable bonds is 15. The van der Waals surface area contributed by atoms with Crippen LogP contribution in [0.1, 0.15) is 40.9 Å². The van der Waals surface area contributed by atoms with Gasteiger partial charge in [0.15, 0.2) is 9.84 Å².